The first-order valence-corrected chi connectivity index (χ1v) is 8.08. The SMILES string of the molecule is CCCCCC1CN1S(=O)(=O)c1ccc(C)cc1. The molecule has 1 aromatic carbocycles. The Morgan fingerprint density at radius 1 is 1.22 bits per heavy atom. The van der Waals surface area contributed by atoms with Crippen LogP contribution in [0.4, 0.5) is 0 Å². The van der Waals surface area contributed by atoms with E-state index in [2.05, 4.69) is 6.92 Å². The monoisotopic (exact) mass is 267 g/mol. The zero-order chi connectivity index (χ0) is 13.2. The second kappa shape index (κ2) is 5.41. The standard InChI is InChI=1S/C14H21NO2S/c1-3-4-5-6-13-11-15(13)18(16,17)14-9-7-12(2)8-10-14/h7-10,13H,3-6,11H2,1-2H3. The van der Waals surface area contributed by atoms with E-state index in [0.29, 0.717) is 11.4 Å². The van der Waals surface area contributed by atoms with E-state index in [1.807, 2.05) is 19.1 Å². The van der Waals surface area contributed by atoms with E-state index in [4.69, 9.17) is 0 Å². The van der Waals surface area contributed by atoms with Crippen molar-refractivity contribution in [3.8, 4) is 0 Å². The van der Waals surface area contributed by atoms with Crippen LogP contribution in [-0.4, -0.2) is 25.3 Å². The largest absolute Gasteiger partial charge is 0.243 e. The summed E-state index contributed by atoms with van der Waals surface area (Å²) in [5, 5.41) is 0. The van der Waals surface area contributed by atoms with Gasteiger partial charge in [-0.15, -0.1) is 0 Å². The molecule has 0 radical (unpaired) electrons. The molecule has 1 saturated heterocycles. The predicted molar refractivity (Wildman–Crippen MR) is 73.0 cm³/mol. The van der Waals surface area contributed by atoms with Gasteiger partial charge in [0.1, 0.15) is 0 Å². The van der Waals surface area contributed by atoms with Crippen LogP contribution < -0.4 is 0 Å². The third kappa shape index (κ3) is 2.93. The van der Waals surface area contributed by atoms with Crippen molar-refractivity contribution in [3.05, 3.63) is 29.8 Å². The molecule has 0 amide bonds. The lowest BCUT2D eigenvalue weighted by Crippen LogP contribution is -2.14. The van der Waals surface area contributed by atoms with Crippen LogP contribution in [0.5, 0.6) is 0 Å². The van der Waals surface area contributed by atoms with Gasteiger partial charge in [-0.3, -0.25) is 0 Å². The van der Waals surface area contributed by atoms with Gasteiger partial charge >= 0.3 is 0 Å². The molecule has 1 aliphatic rings. The molecule has 1 fully saturated rings. The smallest absolute Gasteiger partial charge is 0.207 e. The number of unbranched alkanes of at least 4 members (excludes halogenated alkanes) is 2. The molecule has 100 valence electrons. The first-order chi connectivity index (χ1) is 8.55. The Balaban J connectivity index is 1.99. The van der Waals surface area contributed by atoms with E-state index in [1.165, 1.54) is 12.8 Å². The third-order valence-electron chi connectivity index (χ3n) is 3.43. The lowest BCUT2D eigenvalue weighted by atomic mass is 10.2. The molecule has 2 atom stereocenters. The normalized spacial score (nSPS) is 23.0. The van der Waals surface area contributed by atoms with Gasteiger partial charge in [0.15, 0.2) is 0 Å². The average Bonchev–Trinajstić information content (AvgIpc) is 3.10. The number of aryl methyl sites for hydroxylation is 1. The van der Waals surface area contributed by atoms with Gasteiger partial charge in [0.05, 0.1) is 4.90 Å². The van der Waals surface area contributed by atoms with Crippen LogP contribution in [0, 0.1) is 6.92 Å². The highest BCUT2D eigenvalue weighted by Gasteiger charge is 2.43. The predicted octanol–water partition coefficient (Wildman–Crippen LogP) is 2.95. The summed E-state index contributed by atoms with van der Waals surface area (Å²) in [6.45, 7) is 4.81. The molecule has 18 heavy (non-hydrogen) atoms. The van der Waals surface area contributed by atoms with E-state index in [9.17, 15) is 8.42 Å². The minimum atomic E-state index is -3.24. The quantitative estimate of drug-likeness (QED) is 0.587. The summed E-state index contributed by atoms with van der Waals surface area (Å²) in [5.74, 6) is 0. The van der Waals surface area contributed by atoms with Crippen LogP contribution in [0.2, 0.25) is 0 Å². The average molecular weight is 267 g/mol. The summed E-state index contributed by atoms with van der Waals surface area (Å²) in [6.07, 6.45) is 4.49. The van der Waals surface area contributed by atoms with Crippen molar-refractivity contribution in [2.75, 3.05) is 6.54 Å². The van der Waals surface area contributed by atoms with Crippen molar-refractivity contribution in [1.29, 1.82) is 0 Å². The van der Waals surface area contributed by atoms with Gasteiger partial charge in [-0.2, -0.15) is 4.31 Å². The van der Waals surface area contributed by atoms with Gasteiger partial charge in [0.2, 0.25) is 10.0 Å². The maximum atomic E-state index is 12.3. The van der Waals surface area contributed by atoms with Crippen molar-refractivity contribution < 1.29 is 8.42 Å². The van der Waals surface area contributed by atoms with E-state index in [0.717, 1.165) is 18.4 Å². The summed E-state index contributed by atoms with van der Waals surface area (Å²) in [4.78, 5) is 0.422. The van der Waals surface area contributed by atoms with Gasteiger partial charge in [0, 0.05) is 12.6 Å². The highest BCUT2D eigenvalue weighted by atomic mass is 32.2. The van der Waals surface area contributed by atoms with Gasteiger partial charge in [-0.25, -0.2) is 8.42 Å². The van der Waals surface area contributed by atoms with Crippen LogP contribution >= 0.6 is 0 Å². The number of nitrogens with zero attached hydrogens (tertiary/aromatic N) is 1. The Hall–Kier alpha value is -0.870. The summed E-state index contributed by atoms with van der Waals surface area (Å²) in [7, 11) is -3.24. The van der Waals surface area contributed by atoms with Crippen molar-refractivity contribution in [3.63, 3.8) is 0 Å². The fraction of sp³-hybridized carbons (Fsp3) is 0.571. The minimum absolute atomic E-state index is 0.239. The fourth-order valence-electron chi connectivity index (χ4n) is 2.17. The summed E-state index contributed by atoms with van der Waals surface area (Å²) < 4.78 is 26.2. The first kappa shape index (κ1) is 13.6. The number of hydrogen-bond acceptors (Lipinski definition) is 2. The second-order valence-electron chi connectivity index (χ2n) is 5.04. The van der Waals surface area contributed by atoms with Crippen LogP contribution in [0.25, 0.3) is 0 Å². The Bertz CT molecular complexity index is 493. The lowest BCUT2D eigenvalue weighted by Gasteiger charge is -2.06. The van der Waals surface area contributed by atoms with Gasteiger partial charge in [-0.05, 0) is 25.5 Å². The maximum absolute atomic E-state index is 12.3. The molecular formula is C14H21NO2S. The molecule has 2 rings (SSSR count). The number of rotatable bonds is 6. The van der Waals surface area contributed by atoms with E-state index < -0.39 is 10.0 Å². The Morgan fingerprint density at radius 3 is 2.50 bits per heavy atom. The molecule has 3 nitrogen and oxygen atoms in total. The van der Waals surface area contributed by atoms with Crippen molar-refractivity contribution in [1.82, 2.24) is 4.31 Å². The molecule has 4 heteroatoms. The molecule has 0 bridgehead atoms. The van der Waals surface area contributed by atoms with E-state index in [1.54, 1.807) is 16.4 Å². The highest BCUT2D eigenvalue weighted by Crippen LogP contribution is 2.31. The van der Waals surface area contributed by atoms with Gasteiger partial charge < -0.3 is 0 Å². The topological polar surface area (TPSA) is 37.1 Å². The van der Waals surface area contributed by atoms with Crippen LogP contribution in [-0.2, 0) is 10.0 Å². The third-order valence-corrected chi connectivity index (χ3v) is 5.37. The molecule has 0 aromatic heterocycles. The Kier molecular flexibility index (Phi) is 4.07. The Labute approximate surface area is 110 Å². The molecule has 0 spiro atoms. The van der Waals surface area contributed by atoms with Gasteiger partial charge in [0.25, 0.3) is 0 Å². The highest BCUT2D eigenvalue weighted by molar-refractivity contribution is 7.89. The minimum Gasteiger partial charge on any atom is -0.207 e. The van der Waals surface area contributed by atoms with Crippen LogP contribution in [0.3, 0.4) is 0 Å². The van der Waals surface area contributed by atoms with E-state index in [-0.39, 0.29) is 6.04 Å². The summed E-state index contributed by atoms with van der Waals surface area (Å²) >= 11 is 0. The van der Waals surface area contributed by atoms with Crippen LogP contribution in [0.15, 0.2) is 29.2 Å². The molecule has 0 saturated carbocycles. The second-order valence-corrected chi connectivity index (χ2v) is 6.93. The molecule has 1 aliphatic heterocycles. The zero-order valence-corrected chi connectivity index (χ0v) is 11.9. The molecule has 0 N–H and O–H groups in total. The van der Waals surface area contributed by atoms with E-state index >= 15 is 0 Å². The van der Waals surface area contributed by atoms with Crippen molar-refractivity contribution >= 4 is 10.0 Å². The lowest BCUT2D eigenvalue weighted by molar-refractivity contribution is 0.540. The number of hydrogen-bond donors (Lipinski definition) is 0. The Morgan fingerprint density at radius 2 is 1.89 bits per heavy atom. The summed E-state index contributed by atoms with van der Waals surface area (Å²) in [5.41, 5.74) is 1.08. The molecule has 1 aromatic rings. The fourth-order valence-corrected chi connectivity index (χ4v) is 3.78. The van der Waals surface area contributed by atoms with Gasteiger partial charge in [-0.1, -0.05) is 43.9 Å². The van der Waals surface area contributed by atoms with Crippen molar-refractivity contribution in [2.45, 2.75) is 50.5 Å². The molecule has 0 aliphatic carbocycles. The van der Waals surface area contributed by atoms with Crippen LogP contribution in [0.1, 0.15) is 38.2 Å². The van der Waals surface area contributed by atoms with Crippen molar-refractivity contribution in [2.24, 2.45) is 0 Å². The maximum Gasteiger partial charge on any atom is 0.243 e. The number of benzene rings is 1. The molecule has 2 unspecified atom stereocenters. The number of sulfonamides is 1. The zero-order valence-electron chi connectivity index (χ0n) is 11.1. The summed E-state index contributed by atoms with van der Waals surface area (Å²) in [6, 6.07) is 7.34. The first-order valence-electron chi connectivity index (χ1n) is 6.64. The molecular weight excluding hydrogens is 246 g/mol. The molecule has 1 heterocycles.